The highest BCUT2D eigenvalue weighted by molar-refractivity contribution is 6.34. The van der Waals surface area contributed by atoms with Gasteiger partial charge in [0.05, 0.1) is 0 Å². The minimum atomic E-state index is -5.05. The maximum Gasteiger partial charge on any atom is 0.492 e. The van der Waals surface area contributed by atoms with Crippen LogP contribution < -0.4 is 4.74 Å². The fourth-order valence-corrected chi connectivity index (χ4v) is 2.51. The molecule has 1 unspecified atom stereocenters. The number of piperidine rings is 1. The zero-order valence-electron chi connectivity index (χ0n) is 11.2. The van der Waals surface area contributed by atoms with Crippen LogP contribution in [0, 0.1) is 0 Å². The summed E-state index contributed by atoms with van der Waals surface area (Å²) in [6.07, 6.45) is -4.13. The van der Waals surface area contributed by atoms with Crippen LogP contribution in [0.4, 0.5) is 13.2 Å². The van der Waals surface area contributed by atoms with Crippen LogP contribution in [0.15, 0.2) is 18.2 Å². The van der Waals surface area contributed by atoms with Crippen molar-refractivity contribution in [3.63, 3.8) is 0 Å². The molecule has 1 aliphatic heterocycles. The first kappa shape index (κ1) is 17.2. The lowest BCUT2D eigenvalue weighted by molar-refractivity contribution is -0.268. The lowest BCUT2D eigenvalue weighted by Gasteiger charge is -2.33. The van der Waals surface area contributed by atoms with Gasteiger partial charge in [-0.15, -0.1) is 0 Å². The number of hydrogen-bond acceptors (Lipinski definition) is 4. The van der Waals surface area contributed by atoms with Gasteiger partial charge in [0.25, 0.3) is 0 Å². The maximum atomic E-state index is 12.3. The molecule has 0 radical (unpaired) electrons. The van der Waals surface area contributed by atoms with Crippen LogP contribution in [0.3, 0.4) is 0 Å². The Bertz CT molecular complexity index is 534. The van der Waals surface area contributed by atoms with Crippen molar-refractivity contribution in [3.8, 4) is 5.75 Å². The highest BCUT2D eigenvalue weighted by Crippen LogP contribution is 2.28. The number of rotatable bonds is 3. The third-order valence-corrected chi connectivity index (χ3v) is 3.38. The largest absolute Gasteiger partial charge is 0.492 e. The molecule has 1 saturated heterocycles. The van der Waals surface area contributed by atoms with E-state index in [0.717, 1.165) is 11.5 Å². The van der Waals surface area contributed by atoms with Gasteiger partial charge in [-0.1, -0.05) is 28.3 Å². The van der Waals surface area contributed by atoms with E-state index in [1.807, 2.05) is 0 Å². The number of halogens is 5. The molecule has 1 aliphatic rings. The Labute approximate surface area is 134 Å². The Morgan fingerprint density at radius 3 is 2.41 bits per heavy atom. The molecule has 0 spiro atoms. The fraction of sp³-hybridized carbons (Fsp3) is 0.462. The summed E-state index contributed by atoms with van der Waals surface area (Å²) >= 11 is 11.7. The van der Waals surface area contributed by atoms with Crippen LogP contribution in [0.2, 0.25) is 10.0 Å². The second-order valence-corrected chi connectivity index (χ2v) is 5.56. The predicted molar refractivity (Wildman–Crippen MR) is 73.6 cm³/mol. The monoisotopic (exact) mass is 357 g/mol. The zero-order valence-corrected chi connectivity index (χ0v) is 12.7. The van der Waals surface area contributed by atoms with Gasteiger partial charge in [0, 0.05) is 23.0 Å². The molecule has 4 nitrogen and oxygen atoms in total. The van der Waals surface area contributed by atoms with Crippen molar-refractivity contribution >= 4 is 29.2 Å². The van der Waals surface area contributed by atoms with E-state index >= 15 is 0 Å². The second kappa shape index (κ2) is 6.93. The Kier molecular flexibility index (Phi) is 5.41. The van der Waals surface area contributed by atoms with Crippen LogP contribution in [0.5, 0.6) is 5.75 Å². The number of nitrogens with zero attached hydrogens (tertiary/aromatic N) is 1. The summed E-state index contributed by atoms with van der Waals surface area (Å²) in [6.45, 7) is 0.154. The smallest absolute Gasteiger partial charge is 0.472 e. The van der Waals surface area contributed by atoms with Crippen molar-refractivity contribution in [1.82, 2.24) is 5.06 Å². The third-order valence-electron chi connectivity index (χ3n) is 2.94. The van der Waals surface area contributed by atoms with Gasteiger partial charge in [0.1, 0.15) is 5.75 Å². The van der Waals surface area contributed by atoms with E-state index in [-0.39, 0.29) is 12.3 Å². The molecule has 0 saturated carbocycles. The summed E-state index contributed by atoms with van der Waals surface area (Å²) in [5.74, 6) is -1.98. The highest BCUT2D eigenvalue weighted by atomic mass is 35.5. The molecule has 1 atom stereocenters. The van der Waals surface area contributed by atoms with E-state index in [1.54, 1.807) is 0 Å². The van der Waals surface area contributed by atoms with Crippen LogP contribution in [0.25, 0.3) is 0 Å². The van der Waals surface area contributed by atoms with Crippen molar-refractivity contribution in [3.05, 3.63) is 28.2 Å². The average molecular weight is 358 g/mol. The molecule has 0 amide bonds. The normalized spacial score (nSPS) is 19.8. The van der Waals surface area contributed by atoms with E-state index in [2.05, 4.69) is 4.84 Å². The van der Waals surface area contributed by atoms with Crippen molar-refractivity contribution in [2.45, 2.75) is 31.7 Å². The molecule has 0 aliphatic carbocycles. The first-order valence-corrected chi connectivity index (χ1v) is 7.20. The minimum Gasteiger partial charge on any atom is -0.472 e. The predicted octanol–water partition coefficient (Wildman–Crippen LogP) is 4.20. The summed E-state index contributed by atoms with van der Waals surface area (Å²) in [6, 6.07) is 4.45. The zero-order chi connectivity index (χ0) is 16.3. The maximum absolute atomic E-state index is 12.3. The third kappa shape index (κ3) is 4.66. The van der Waals surface area contributed by atoms with Gasteiger partial charge in [-0.3, -0.25) is 0 Å². The van der Waals surface area contributed by atoms with Crippen LogP contribution in [-0.2, 0) is 9.63 Å². The van der Waals surface area contributed by atoms with Gasteiger partial charge in [0.15, 0.2) is 6.23 Å². The molecular formula is C13H12Cl2F3NO3. The van der Waals surface area contributed by atoms with Gasteiger partial charge in [0.2, 0.25) is 0 Å². The van der Waals surface area contributed by atoms with Gasteiger partial charge in [-0.2, -0.15) is 13.2 Å². The molecule has 1 aromatic rings. The van der Waals surface area contributed by atoms with Crippen molar-refractivity contribution in [2.75, 3.05) is 6.54 Å². The average Bonchev–Trinajstić information content (AvgIpc) is 2.38. The quantitative estimate of drug-likeness (QED) is 0.812. The summed E-state index contributed by atoms with van der Waals surface area (Å²) in [7, 11) is 0. The lowest BCUT2D eigenvalue weighted by Crippen LogP contribution is -2.46. The summed E-state index contributed by atoms with van der Waals surface area (Å²) < 4.78 is 42.4. The number of hydrogen-bond donors (Lipinski definition) is 0. The van der Waals surface area contributed by atoms with Gasteiger partial charge >= 0.3 is 12.1 Å². The molecule has 1 aromatic carbocycles. The first-order chi connectivity index (χ1) is 10.3. The SMILES string of the molecule is O=C(ON1CCCCC1Oc1cc(Cl)cc(Cl)c1)C(F)(F)F. The Morgan fingerprint density at radius 2 is 1.82 bits per heavy atom. The van der Waals surface area contributed by atoms with Crippen molar-refractivity contribution in [1.29, 1.82) is 0 Å². The van der Waals surface area contributed by atoms with Crippen molar-refractivity contribution in [2.24, 2.45) is 0 Å². The number of alkyl halides is 3. The Balaban J connectivity index is 2.08. The highest BCUT2D eigenvalue weighted by Gasteiger charge is 2.44. The van der Waals surface area contributed by atoms with Crippen LogP contribution >= 0.6 is 23.2 Å². The first-order valence-electron chi connectivity index (χ1n) is 6.44. The molecule has 0 bridgehead atoms. The molecule has 0 aromatic heterocycles. The molecule has 22 heavy (non-hydrogen) atoms. The summed E-state index contributed by atoms with van der Waals surface area (Å²) in [5.41, 5.74) is 0. The topological polar surface area (TPSA) is 38.8 Å². The number of ether oxygens (including phenoxy) is 1. The van der Waals surface area contributed by atoms with E-state index in [0.29, 0.717) is 22.9 Å². The van der Waals surface area contributed by atoms with E-state index in [9.17, 15) is 18.0 Å². The number of carbonyl (C=O) groups is 1. The molecule has 2 rings (SSSR count). The van der Waals surface area contributed by atoms with E-state index in [4.69, 9.17) is 27.9 Å². The second-order valence-electron chi connectivity index (χ2n) is 4.69. The Hall–Kier alpha value is -1.18. The molecule has 1 heterocycles. The summed E-state index contributed by atoms with van der Waals surface area (Å²) in [4.78, 5) is 15.3. The summed E-state index contributed by atoms with van der Waals surface area (Å²) in [5, 5.41) is 1.56. The Morgan fingerprint density at radius 1 is 1.18 bits per heavy atom. The molecule has 0 N–H and O–H groups in total. The van der Waals surface area contributed by atoms with Gasteiger partial charge in [-0.25, -0.2) is 4.79 Å². The minimum absolute atomic E-state index is 0.154. The number of hydroxylamine groups is 2. The molecular weight excluding hydrogens is 346 g/mol. The van der Waals surface area contributed by atoms with E-state index < -0.39 is 18.4 Å². The molecule has 9 heteroatoms. The fourth-order valence-electron chi connectivity index (χ4n) is 2.01. The van der Waals surface area contributed by atoms with Crippen LogP contribution in [-0.4, -0.2) is 30.0 Å². The number of carbonyl (C=O) groups excluding carboxylic acids is 1. The lowest BCUT2D eigenvalue weighted by atomic mass is 10.1. The molecule has 122 valence electrons. The van der Waals surface area contributed by atoms with E-state index in [1.165, 1.54) is 18.2 Å². The van der Waals surface area contributed by atoms with Crippen molar-refractivity contribution < 1.29 is 27.5 Å². The standard InChI is InChI=1S/C13H12Cl2F3NO3/c14-8-5-9(15)7-10(6-8)21-11-3-1-2-4-19(11)22-12(20)13(16,17)18/h5-7,11H,1-4H2. The number of benzene rings is 1. The molecule has 1 fully saturated rings. The van der Waals surface area contributed by atoms with Gasteiger partial charge in [-0.05, 0) is 31.0 Å². The van der Waals surface area contributed by atoms with Crippen LogP contribution in [0.1, 0.15) is 19.3 Å². The van der Waals surface area contributed by atoms with Gasteiger partial charge < -0.3 is 9.57 Å².